The van der Waals surface area contributed by atoms with E-state index in [-0.39, 0.29) is 12.0 Å². The van der Waals surface area contributed by atoms with Crippen molar-refractivity contribution < 1.29 is 27.9 Å². The number of amides is 2. The molecule has 1 aromatic carbocycles. The molecular formula is C13H15F3N2O3. The second-order valence-electron chi connectivity index (χ2n) is 4.39. The number of nitrogens with one attached hydrogen (secondary N) is 1. The maximum atomic E-state index is 12.4. The molecule has 21 heavy (non-hydrogen) atoms. The van der Waals surface area contributed by atoms with Gasteiger partial charge in [0.25, 0.3) is 5.91 Å². The van der Waals surface area contributed by atoms with E-state index in [0.717, 1.165) is 24.3 Å². The van der Waals surface area contributed by atoms with Crippen molar-refractivity contribution in [1.82, 2.24) is 5.32 Å². The van der Waals surface area contributed by atoms with Crippen molar-refractivity contribution in [1.29, 1.82) is 0 Å². The van der Waals surface area contributed by atoms with E-state index >= 15 is 0 Å². The van der Waals surface area contributed by atoms with Gasteiger partial charge in [0, 0.05) is 0 Å². The van der Waals surface area contributed by atoms with Gasteiger partial charge >= 0.3 is 6.18 Å². The first kappa shape index (κ1) is 17.0. The largest absolute Gasteiger partial charge is 0.416 e. The zero-order chi connectivity index (χ0) is 16.2. The number of aliphatic hydroxyl groups excluding tert-OH is 1. The Morgan fingerprint density at radius 1 is 1.29 bits per heavy atom. The number of aliphatic hydroxyl groups is 1. The lowest BCUT2D eigenvalue weighted by molar-refractivity contribution is -0.137. The third-order valence-corrected chi connectivity index (χ3v) is 2.87. The van der Waals surface area contributed by atoms with E-state index in [0.29, 0.717) is 0 Å². The fourth-order valence-corrected chi connectivity index (χ4v) is 1.63. The van der Waals surface area contributed by atoms with E-state index in [9.17, 15) is 27.9 Å². The molecular weight excluding hydrogens is 289 g/mol. The SMILES string of the molecule is CC[C@@H](NC(=O)[C@H](O)c1ccc(C(F)(F)F)cc1)C(N)=O. The lowest BCUT2D eigenvalue weighted by Gasteiger charge is -2.17. The highest BCUT2D eigenvalue weighted by atomic mass is 19.4. The zero-order valence-electron chi connectivity index (χ0n) is 11.1. The Morgan fingerprint density at radius 2 is 1.81 bits per heavy atom. The summed E-state index contributed by atoms with van der Waals surface area (Å²) in [6.07, 6.45) is -5.94. The summed E-state index contributed by atoms with van der Waals surface area (Å²) in [4.78, 5) is 22.7. The smallest absolute Gasteiger partial charge is 0.378 e. The van der Waals surface area contributed by atoms with Gasteiger partial charge in [-0.1, -0.05) is 19.1 Å². The summed E-state index contributed by atoms with van der Waals surface area (Å²) >= 11 is 0. The first-order chi connectivity index (χ1) is 9.66. The lowest BCUT2D eigenvalue weighted by Crippen LogP contribution is -2.45. The van der Waals surface area contributed by atoms with Crippen LogP contribution in [0.5, 0.6) is 0 Å². The van der Waals surface area contributed by atoms with Crippen LogP contribution in [0.4, 0.5) is 13.2 Å². The minimum Gasteiger partial charge on any atom is -0.378 e. The molecule has 0 spiro atoms. The highest BCUT2D eigenvalue weighted by molar-refractivity contribution is 5.88. The number of primary amides is 1. The molecule has 0 saturated carbocycles. The van der Waals surface area contributed by atoms with Gasteiger partial charge in [0.1, 0.15) is 6.04 Å². The summed E-state index contributed by atoms with van der Waals surface area (Å²) < 4.78 is 37.2. The Labute approximate surface area is 118 Å². The van der Waals surface area contributed by atoms with Crippen molar-refractivity contribution in [3.05, 3.63) is 35.4 Å². The van der Waals surface area contributed by atoms with Gasteiger partial charge in [-0.3, -0.25) is 9.59 Å². The van der Waals surface area contributed by atoms with E-state index in [2.05, 4.69) is 5.32 Å². The van der Waals surface area contributed by atoms with Crippen LogP contribution in [0.1, 0.15) is 30.6 Å². The maximum Gasteiger partial charge on any atom is 0.416 e. The molecule has 0 aliphatic carbocycles. The molecule has 0 radical (unpaired) electrons. The molecule has 0 saturated heterocycles. The molecule has 2 atom stereocenters. The third kappa shape index (κ3) is 4.45. The average molecular weight is 304 g/mol. The molecule has 4 N–H and O–H groups in total. The molecule has 1 aromatic rings. The van der Waals surface area contributed by atoms with Crippen molar-refractivity contribution in [2.24, 2.45) is 5.73 Å². The summed E-state index contributed by atoms with van der Waals surface area (Å²) in [7, 11) is 0. The Hall–Kier alpha value is -2.09. The van der Waals surface area contributed by atoms with Gasteiger partial charge in [-0.15, -0.1) is 0 Å². The number of hydrogen-bond donors (Lipinski definition) is 3. The molecule has 0 aromatic heterocycles. The molecule has 0 heterocycles. The van der Waals surface area contributed by atoms with Crippen LogP contribution in [0.25, 0.3) is 0 Å². The average Bonchev–Trinajstić information content (AvgIpc) is 2.42. The molecule has 2 amide bonds. The van der Waals surface area contributed by atoms with Crippen LogP contribution in [-0.4, -0.2) is 23.0 Å². The van der Waals surface area contributed by atoms with Gasteiger partial charge in [-0.05, 0) is 24.1 Å². The molecule has 1 rings (SSSR count). The number of rotatable bonds is 5. The molecule has 0 aliphatic heterocycles. The Morgan fingerprint density at radius 3 is 2.19 bits per heavy atom. The maximum absolute atomic E-state index is 12.4. The monoisotopic (exact) mass is 304 g/mol. The van der Waals surface area contributed by atoms with Crippen LogP contribution < -0.4 is 11.1 Å². The van der Waals surface area contributed by atoms with Crippen LogP contribution in [-0.2, 0) is 15.8 Å². The van der Waals surface area contributed by atoms with E-state index < -0.39 is 35.7 Å². The van der Waals surface area contributed by atoms with E-state index in [4.69, 9.17) is 5.73 Å². The molecule has 116 valence electrons. The number of carbonyl (C=O) groups excluding carboxylic acids is 2. The molecule has 0 unspecified atom stereocenters. The van der Waals surface area contributed by atoms with Gasteiger partial charge in [-0.25, -0.2) is 0 Å². The van der Waals surface area contributed by atoms with Crippen LogP contribution in [0.15, 0.2) is 24.3 Å². The summed E-state index contributed by atoms with van der Waals surface area (Å²) in [5.74, 6) is -1.66. The van der Waals surface area contributed by atoms with Crippen molar-refractivity contribution in [2.45, 2.75) is 31.7 Å². The molecule has 0 fully saturated rings. The third-order valence-electron chi connectivity index (χ3n) is 2.87. The molecule has 5 nitrogen and oxygen atoms in total. The highest BCUT2D eigenvalue weighted by Gasteiger charge is 2.30. The number of benzene rings is 1. The second-order valence-corrected chi connectivity index (χ2v) is 4.39. The minimum absolute atomic E-state index is 0.0141. The van der Waals surface area contributed by atoms with Crippen LogP contribution in [0.2, 0.25) is 0 Å². The predicted molar refractivity (Wildman–Crippen MR) is 67.8 cm³/mol. The van der Waals surface area contributed by atoms with Gasteiger partial charge in [0.05, 0.1) is 5.56 Å². The number of hydrogen-bond acceptors (Lipinski definition) is 3. The summed E-state index contributed by atoms with van der Waals surface area (Å²) in [6, 6.07) is 2.58. The Kier molecular flexibility index (Phi) is 5.31. The lowest BCUT2D eigenvalue weighted by atomic mass is 10.1. The Balaban J connectivity index is 2.81. The standard InChI is InChI=1S/C13H15F3N2O3/c1-2-9(11(17)20)18-12(21)10(19)7-3-5-8(6-4-7)13(14,15)16/h3-6,9-10,19H,2H2,1H3,(H2,17,20)(H,18,21)/t9-,10-/m1/s1. The van der Waals surface area contributed by atoms with E-state index in [1.54, 1.807) is 6.92 Å². The normalized spacial score (nSPS) is 14.3. The number of nitrogens with two attached hydrogens (primary N) is 1. The Bertz CT molecular complexity index is 514. The minimum atomic E-state index is -4.50. The van der Waals surface area contributed by atoms with Crippen molar-refractivity contribution in [2.75, 3.05) is 0 Å². The first-order valence-corrected chi connectivity index (χ1v) is 6.11. The molecule has 8 heteroatoms. The number of carbonyl (C=O) groups is 2. The first-order valence-electron chi connectivity index (χ1n) is 6.11. The second kappa shape index (κ2) is 6.57. The zero-order valence-corrected chi connectivity index (χ0v) is 11.1. The van der Waals surface area contributed by atoms with E-state index in [1.807, 2.05) is 0 Å². The fourth-order valence-electron chi connectivity index (χ4n) is 1.63. The van der Waals surface area contributed by atoms with Crippen LogP contribution in [0.3, 0.4) is 0 Å². The van der Waals surface area contributed by atoms with Gasteiger partial charge in [0.15, 0.2) is 6.10 Å². The van der Waals surface area contributed by atoms with Crippen molar-refractivity contribution in [3.8, 4) is 0 Å². The van der Waals surface area contributed by atoms with Crippen molar-refractivity contribution in [3.63, 3.8) is 0 Å². The van der Waals surface area contributed by atoms with Gasteiger partial charge < -0.3 is 16.2 Å². The molecule has 0 bridgehead atoms. The fraction of sp³-hybridized carbons (Fsp3) is 0.385. The highest BCUT2D eigenvalue weighted by Crippen LogP contribution is 2.29. The topological polar surface area (TPSA) is 92.4 Å². The van der Waals surface area contributed by atoms with Crippen molar-refractivity contribution >= 4 is 11.8 Å². The number of halogens is 3. The van der Waals surface area contributed by atoms with Crippen LogP contribution >= 0.6 is 0 Å². The quantitative estimate of drug-likeness (QED) is 0.761. The van der Waals surface area contributed by atoms with E-state index in [1.165, 1.54) is 0 Å². The summed E-state index contributed by atoms with van der Waals surface area (Å²) in [5.41, 5.74) is 4.14. The summed E-state index contributed by atoms with van der Waals surface area (Å²) in [5, 5.41) is 12.0. The number of alkyl halides is 3. The van der Waals surface area contributed by atoms with Crippen LogP contribution in [0, 0.1) is 0 Å². The van der Waals surface area contributed by atoms with Gasteiger partial charge in [-0.2, -0.15) is 13.2 Å². The summed E-state index contributed by atoms with van der Waals surface area (Å²) in [6.45, 7) is 1.61. The molecule has 0 aliphatic rings. The predicted octanol–water partition coefficient (Wildman–Crippen LogP) is 1.12. The van der Waals surface area contributed by atoms with Gasteiger partial charge in [0.2, 0.25) is 5.91 Å².